The van der Waals surface area contributed by atoms with Gasteiger partial charge in [0.05, 0.1) is 17.9 Å². The summed E-state index contributed by atoms with van der Waals surface area (Å²) >= 11 is 7.26. The minimum absolute atomic E-state index is 0.106. The largest absolute Gasteiger partial charge is 0.462 e. The molecule has 3 aromatic rings. The number of nitrogens with one attached hydrogen (secondary N) is 1. The van der Waals surface area contributed by atoms with Gasteiger partial charge in [0, 0.05) is 21.7 Å². The fraction of sp³-hybridized carbons (Fsp3) is 0.238. The number of benzene rings is 1. The van der Waals surface area contributed by atoms with Crippen molar-refractivity contribution in [2.24, 2.45) is 0 Å². The number of carbonyl (C=O) groups excluding carboxylic acids is 3. The van der Waals surface area contributed by atoms with E-state index in [4.69, 9.17) is 21.1 Å². The quantitative estimate of drug-likeness (QED) is 0.420. The highest BCUT2D eigenvalue weighted by molar-refractivity contribution is 7.13. The van der Waals surface area contributed by atoms with Gasteiger partial charge in [-0.15, -0.1) is 11.3 Å². The molecule has 0 aliphatic heterocycles. The van der Waals surface area contributed by atoms with Gasteiger partial charge in [-0.1, -0.05) is 23.7 Å². The second kappa shape index (κ2) is 9.23. The Balaban J connectivity index is 1.68. The molecule has 9 heteroatoms. The standard InChI is InChI=1S/C21H19ClN2O5S/c1-4-28-21(27)17-11(2)18(23-12(17)3)16(25)9-29-20(26)15-10-30-19(24-15)13-6-5-7-14(22)8-13/h5-8,10,23H,4,9H2,1-3H3. The van der Waals surface area contributed by atoms with E-state index in [0.29, 0.717) is 26.9 Å². The fourth-order valence-corrected chi connectivity index (χ4v) is 3.91. The number of esters is 2. The van der Waals surface area contributed by atoms with Crippen LogP contribution in [0.25, 0.3) is 10.6 Å². The van der Waals surface area contributed by atoms with E-state index in [2.05, 4.69) is 9.97 Å². The minimum Gasteiger partial charge on any atom is -0.462 e. The Morgan fingerprint density at radius 3 is 2.63 bits per heavy atom. The molecule has 0 amide bonds. The van der Waals surface area contributed by atoms with E-state index in [9.17, 15) is 14.4 Å². The van der Waals surface area contributed by atoms with Crippen LogP contribution in [0.1, 0.15) is 49.5 Å². The Kier molecular flexibility index (Phi) is 6.69. The molecule has 0 aliphatic rings. The second-order valence-corrected chi connectivity index (χ2v) is 7.69. The van der Waals surface area contributed by atoms with Gasteiger partial charge in [-0.25, -0.2) is 14.6 Å². The third-order valence-corrected chi connectivity index (χ3v) is 5.44. The Bertz CT molecular complexity index is 1120. The number of aryl methyl sites for hydroxylation is 1. The summed E-state index contributed by atoms with van der Waals surface area (Å²) in [7, 11) is 0. The molecule has 2 heterocycles. The van der Waals surface area contributed by atoms with E-state index in [1.807, 2.05) is 6.07 Å². The number of Topliss-reactive ketones (excluding diaryl/α,β-unsaturated/α-hetero) is 1. The maximum Gasteiger partial charge on any atom is 0.358 e. The Morgan fingerprint density at radius 1 is 1.17 bits per heavy atom. The topological polar surface area (TPSA) is 98.4 Å². The Hall–Kier alpha value is -2.97. The van der Waals surface area contributed by atoms with Crippen LogP contribution in [0.3, 0.4) is 0 Å². The lowest BCUT2D eigenvalue weighted by molar-refractivity contribution is 0.0467. The van der Waals surface area contributed by atoms with Crippen molar-refractivity contribution in [2.45, 2.75) is 20.8 Å². The summed E-state index contributed by atoms with van der Waals surface area (Å²) in [4.78, 5) is 44.0. The number of thiazole rings is 1. The van der Waals surface area contributed by atoms with Crippen molar-refractivity contribution in [1.82, 2.24) is 9.97 Å². The lowest BCUT2D eigenvalue weighted by atomic mass is 10.1. The van der Waals surface area contributed by atoms with Crippen LogP contribution in [0.4, 0.5) is 0 Å². The highest BCUT2D eigenvalue weighted by atomic mass is 35.5. The summed E-state index contributed by atoms with van der Waals surface area (Å²) in [5.41, 5.74) is 2.40. The van der Waals surface area contributed by atoms with Gasteiger partial charge in [-0.3, -0.25) is 4.79 Å². The number of hydrogen-bond acceptors (Lipinski definition) is 7. The number of ketones is 1. The molecular formula is C21H19ClN2O5S. The molecule has 0 bridgehead atoms. The van der Waals surface area contributed by atoms with Crippen LogP contribution in [0, 0.1) is 13.8 Å². The van der Waals surface area contributed by atoms with E-state index in [1.54, 1.807) is 44.4 Å². The molecule has 0 saturated heterocycles. The maximum atomic E-state index is 12.5. The van der Waals surface area contributed by atoms with Gasteiger partial charge in [0.25, 0.3) is 0 Å². The van der Waals surface area contributed by atoms with Crippen molar-refractivity contribution in [3.8, 4) is 10.6 Å². The second-order valence-electron chi connectivity index (χ2n) is 6.39. The number of aromatic nitrogens is 2. The summed E-state index contributed by atoms with van der Waals surface area (Å²) in [6, 6.07) is 7.12. The van der Waals surface area contributed by atoms with Crippen LogP contribution < -0.4 is 0 Å². The lowest BCUT2D eigenvalue weighted by Gasteiger charge is -2.04. The van der Waals surface area contributed by atoms with E-state index in [1.165, 1.54) is 11.3 Å². The number of aromatic amines is 1. The van der Waals surface area contributed by atoms with Crippen molar-refractivity contribution < 1.29 is 23.9 Å². The highest BCUT2D eigenvalue weighted by Gasteiger charge is 2.24. The zero-order valence-electron chi connectivity index (χ0n) is 16.6. The summed E-state index contributed by atoms with van der Waals surface area (Å²) in [5, 5.41) is 2.74. The Morgan fingerprint density at radius 2 is 1.93 bits per heavy atom. The van der Waals surface area contributed by atoms with E-state index in [-0.39, 0.29) is 18.0 Å². The van der Waals surface area contributed by atoms with E-state index < -0.39 is 24.3 Å². The molecule has 0 radical (unpaired) electrons. The van der Waals surface area contributed by atoms with Gasteiger partial charge in [0.15, 0.2) is 12.3 Å². The predicted octanol–water partition coefficient (Wildman–Crippen LogP) is 4.62. The minimum atomic E-state index is -0.709. The number of halogens is 1. The number of ether oxygens (including phenoxy) is 2. The van der Waals surface area contributed by atoms with Gasteiger partial charge in [0.1, 0.15) is 5.01 Å². The average Bonchev–Trinajstić information content (AvgIpc) is 3.31. The SMILES string of the molecule is CCOC(=O)c1c(C)[nH]c(C(=O)COC(=O)c2csc(-c3cccc(Cl)c3)n2)c1C. The van der Waals surface area contributed by atoms with Gasteiger partial charge < -0.3 is 14.5 Å². The monoisotopic (exact) mass is 446 g/mol. The van der Waals surface area contributed by atoms with Crippen LogP contribution in [0.5, 0.6) is 0 Å². The normalized spacial score (nSPS) is 10.7. The molecule has 0 fully saturated rings. The molecule has 0 atom stereocenters. The third kappa shape index (κ3) is 4.60. The average molecular weight is 447 g/mol. The van der Waals surface area contributed by atoms with Crippen LogP contribution in [0.15, 0.2) is 29.6 Å². The maximum absolute atomic E-state index is 12.5. The summed E-state index contributed by atoms with van der Waals surface area (Å²) in [6.07, 6.45) is 0. The Labute approximate surface area is 182 Å². The summed E-state index contributed by atoms with van der Waals surface area (Å²) in [5.74, 6) is -1.67. The first kappa shape index (κ1) is 21.7. The van der Waals surface area contributed by atoms with Gasteiger partial charge in [-0.05, 0) is 38.5 Å². The summed E-state index contributed by atoms with van der Waals surface area (Å²) in [6.45, 7) is 4.77. The number of H-pyrrole nitrogens is 1. The van der Waals surface area contributed by atoms with Crippen molar-refractivity contribution in [1.29, 1.82) is 0 Å². The first-order valence-corrected chi connectivity index (χ1v) is 10.4. The molecule has 1 aromatic carbocycles. The highest BCUT2D eigenvalue weighted by Crippen LogP contribution is 2.26. The van der Waals surface area contributed by atoms with Crippen LogP contribution in [-0.2, 0) is 9.47 Å². The molecule has 1 N–H and O–H groups in total. The zero-order chi connectivity index (χ0) is 21.8. The predicted molar refractivity (Wildman–Crippen MR) is 113 cm³/mol. The van der Waals surface area contributed by atoms with Crippen LogP contribution in [0.2, 0.25) is 5.02 Å². The van der Waals surface area contributed by atoms with E-state index >= 15 is 0 Å². The molecule has 3 rings (SSSR count). The number of carbonyl (C=O) groups is 3. The molecule has 0 saturated carbocycles. The molecule has 2 aromatic heterocycles. The van der Waals surface area contributed by atoms with Crippen molar-refractivity contribution in [3.05, 3.63) is 62.9 Å². The third-order valence-electron chi connectivity index (χ3n) is 4.32. The molecule has 7 nitrogen and oxygen atoms in total. The van der Waals surface area contributed by atoms with Crippen molar-refractivity contribution in [3.63, 3.8) is 0 Å². The first-order valence-electron chi connectivity index (χ1n) is 9.09. The molecule has 30 heavy (non-hydrogen) atoms. The molecule has 0 aliphatic carbocycles. The lowest BCUT2D eigenvalue weighted by Crippen LogP contribution is -2.16. The van der Waals surface area contributed by atoms with Crippen molar-refractivity contribution in [2.75, 3.05) is 13.2 Å². The number of nitrogens with zero attached hydrogens (tertiary/aromatic N) is 1. The van der Waals surface area contributed by atoms with Crippen LogP contribution >= 0.6 is 22.9 Å². The number of hydrogen-bond donors (Lipinski definition) is 1. The van der Waals surface area contributed by atoms with Crippen molar-refractivity contribution >= 4 is 40.7 Å². The van der Waals surface area contributed by atoms with Crippen LogP contribution in [-0.4, -0.2) is 40.9 Å². The molecule has 156 valence electrons. The molecule has 0 spiro atoms. The fourth-order valence-electron chi connectivity index (χ4n) is 2.94. The number of rotatable bonds is 7. The summed E-state index contributed by atoms with van der Waals surface area (Å²) < 4.78 is 10.1. The van der Waals surface area contributed by atoms with Gasteiger partial charge >= 0.3 is 11.9 Å². The molecule has 0 unspecified atom stereocenters. The van der Waals surface area contributed by atoms with Gasteiger partial charge in [-0.2, -0.15) is 0 Å². The zero-order valence-corrected chi connectivity index (χ0v) is 18.1. The van der Waals surface area contributed by atoms with Gasteiger partial charge in [0.2, 0.25) is 5.78 Å². The first-order chi connectivity index (χ1) is 14.3. The molecular weight excluding hydrogens is 428 g/mol. The van der Waals surface area contributed by atoms with E-state index in [0.717, 1.165) is 5.56 Å². The smallest absolute Gasteiger partial charge is 0.358 e.